The number of anilines is 1. The number of non-ortho nitro benzene ring substituents is 1. The molecular weight excluding hydrogens is 272 g/mol. The summed E-state index contributed by atoms with van der Waals surface area (Å²) in [6, 6.07) is 4.72. The lowest BCUT2D eigenvalue weighted by molar-refractivity contribution is -0.384. The average molecular weight is 287 g/mol. The standard InChI is InChI=1S/C11H15BrN2O2/c1-11(2,3)7-13-10-5-4-8(14(15)16)6-9(10)12/h4-6,13H,7H2,1-3H3. The summed E-state index contributed by atoms with van der Waals surface area (Å²) in [5.74, 6) is 0. The first-order valence-electron chi connectivity index (χ1n) is 4.97. The molecule has 1 rings (SSSR count). The smallest absolute Gasteiger partial charge is 0.270 e. The molecule has 88 valence electrons. The van der Waals surface area contributed by atoms with E-state index in [1.807, 2.05) is 0 Å². The summed E-state index contributed by atoms with van der Waals surface area (Å²) in [4.78, 5) is 10.1. The molecule has 0 aliphatic rings. The topological polar surface area (TPSA) is 55.2 Å². The molecule has 0 unspecified atom stereocenters. The van der Waals surface area contributed by atoms with Gasteiger partial charge in [-0.05, 0) is 27.4 Å². The summed E-state index contributed by atoms with van der Waals surface area (Å²) in [7, 11) is 0. The lowest BCUT2D eigenvalue weighted by atomic mass is 9.97. The number of nitrogens with one attached hydrogen (secondary N) is 1. The third-order valence-corrected chi connectivity index (χ3v) is 2.63. The number of rotatable bonds is 3. The van der Waals surface area contributed by atoms with E-state index in [2.05, 4.69) is 42.0 Å². The molecule has 1 aromatic carbocycles. The minimum Gasteiger partial charge on any atom is -0.384 e. The van der Waals surface area contributed by atoms with Gasteiger partial charge in [0.05, 0.1) is 4.92 Å². The van der Waals surface area contributed by atoms with Crippen molar-refractivity contribution in [2.24, 2.45) is 5.41 Å². The van der Waals surface area contributed by atoms with E-state index in [1.165, 1.54) is 12.1 Å². The first-order chi connectivity index (χ1) is 7.29. The zero-order chi connectivity index (χ0) is 12.3. The first-order valence-corrected chi connectivity index (χ1v) is 5.77. The van der Waals surface area contributed by atoms with Crippen molar-refractivity contribution >= 4 is 27.3 Å². The third kappa shape index (κ3) is 3.81. The average Bonchev–Trinajstić information content (AvgIpc) is 2.14. The van der Waals surface area contributed by atoms with Crippen LogP contribution < -0.4 is 5.32 Å². The van der Waals surface area contributed by atoms with Gasteiger partial charge in [-0.3, -0.25) is 10.1 Å². The zero-order valence-corrected chi connectivity index (χ0v) is 11.2. The van der Waals surface area contributed by atoms with E-state index in [4.69, 9.17) is 0 Å². The summed E-state index contributed by atoms with van der Waals surface area (Å²) in [6.45, 7) is 7.18. The Bertz CT molecular complexity index is 399. The molecule has 0 atom stereocenters. The van der Waals surface area contributed by atoms with Crippen molar-refractivity contribution in [3.63, 3.8) is 0 Å². The summed E-state index contributed by atoms with van der Waals surface area (Å²) < 4.78 is 0.714. The van der Waals surface area contributed by atoms with Crippen LogP contribution in [0.25, 0.3) is 0 Å². The molecule has 0 amide bonds. The molecule has 0 saturated heterocycles. The van der Waals surface area contributed by atoms with Gasteiger partial charge in [0.2, 0.25) is 0 Å². The second kappa shape index (κ2) is 4.82. The van der Waals surface area contributed by atoms with Crippen molar-refractivity contribution in [3.8, 4) is 0 Å². The van der Waals surface area contributed by atoms with Crippen molar-refractivity contribution in [1.82, 2.24) is 0 Å². The number of hydrogen-bond donors (Lipinski definition) is 1. The van der Waals surface area contributed by atoms with Gasteiger partial charge >= 0.3 is 0 Å². The van der Waals surface area contributed by atoms with Crippen LogP contribution in [0.4, 0.5) is 11.4 Å². The van der Waals surface area contributed by atoms with E-state index in [1.54, 1.807) is 6.07 Å². The van der Waals surface area contributed by atoms with Gasteiger partial charge in [-0.2, -0.15) is 0 Å². The maximum atomic E-state index is 10.5. The molecule has 1 N–H and O–H groups in total. The molecule has 0 spiro atoms. The van der Waals surface area contributed by atoms with E-state index in [-0.39, 0.29) is 11.1 Å². The number of nitrogens with zero attached hydrogens (tertiary/aromatic N) is 1. The number of nitro benzene ring substituents is 1. The highest BCUT2D eigenvalue weighted by Crippen LogP contribution is 2.28. The SMILES string of the molecule is CC(C)(C)CNc1ccc([N+](=O)[O-])cc1Br. The molecule has 1 aromatic rings. The number of halogens is 1. The fourth-order valence-corrected chi connectivity index (χ4v) is 1.63. The quantitative estimate of drug-likeness (QED) is 0.679. The first kappa shape index (κ1) is 13.0. The fraction of sp³-hybridized carbons (Fsp3) is 0.455. The second-order valence-corrected chi connectivity index (χ2v) is 5.69. The van der Waals surface area contributed by atoms with Gasteiger partial charge in [-0.25, -0.2) is 0 Å². The molecule has 0 aliphatic heterocycles. The van der Waals surface area contributed by atoms with E-state index >= 15 is 0 Å². The lowest BCUT2D eigenvalue weighted by Gasteiger charge is -2.20. The minimum absolute atomic E-state index is 0.0909. The summed E-state index contributed by atoms with van der Waals surface area (Å²) in [5, 5.41) is 13.8. The molecule has 0 aromatic heterocycles. The number of benzene rings is 1. The van der Waals surface area contributed by atoms with Crippen LogP contribution in [0.3, 0.4) is 0 Å². The summed E-state index contributed by atoms with van der Waals surface area (Å²) in [5.41, 5.74) is 1.13. The van der Waals surface area contributed by atoms with Crippen molar-refractivity contribution in [2.45, 2.75) is 20.8 Å². The zero-order valence-electron chi connectivity index (χ0n) is 9.58. The summed E-state index contributed by atoms with van der Waals surface area (Å²) in [6.07, 6.45) is 0. The molecule has 0 saturated carbocycles. The van der Waals surface area contributed by atoms with Crippen LogP contribution in [0.5, 0.6) is 0 Å². The number of hydrogen-bond acceptors (Lipinski definition) is 3. The third-order valence-electron chi connectivity index (χ3n) is 1.97. The highest BCUT2D eigenvalue weighted by molar-refractivity contribution is 9.10. The Kier molecular flexibility index (Phi) is 3.91. The molecule has 5 heteroatoms. The van der Waals surface area contributed by atoms with Gasteiger partial charge in [0.1, 0.15) is 0 Å². The van der Waals surface area contributed by atoms with Crippen LogP contribution in [0.2, 0.25) is 0 Å². The Labute approximate surface area is 103 Å². The Morgan fingerprint density at radius 2 is 2.06 bits per heavy atom. The van der Waals surface area contributed by atoms with Gasteiger partial charge < -0.3 is 5.32 Å². The van der Waals surface area contributed by atoms with E-state index in [9.17, 15) is 10.1 Å². The monoisotopic (exact) mass is 286 g/mol. The molecule has 0 aliphatic carbocycles. The van der Waals surface area contributed by atoms with E-state index < -0.39 is 4.92 Å². The normalized spacial score (nSPS) is 11.2. The van der Waals surface area contributed by atoms with Crippen LogP contribution in [0.1, 0.15) is 20.8 Å². The minimum atomic E-state index is -0.404. The van der Waals surface area contributed by atoms with Crippen LogP contribution >= 0.6 is 15.9 Å². The van der Waals surface area contributed by atoms with Crippen LogP contribution in [0, 0.1) is 15.5 Å². The maximum Gasteiger partial charge on any atom is 0.270 e. The van der Waals surface area contributed by atoms with E-state index in [0.29, 0.717) is 4.47 Å². The van der Waals surface area contributed by atoms with Gasteiger partial charge in [-0.15, -0.1) is 0 Å². The van der Waals surface area contributed by atoms with Crippen molar-refractivity contribution < 1.29 is 4.92 Å². The maximum absolute atomic E-state index is 10.5. The predicted octanol–water partition coefficient (Wildman–Crippen LogP) is 3.82. The Hall–Kier alpha value is -1.10. The molecule has 0 bridgehead atoms. The highest BCUT2D eigenvalue weighted by atomic mass is 79.9. The van der Waals surface area contributed by atoms with E-state index in [0.717, 1.165) is 12.2 Å². The van der Waals surface area contributed by atoms with Gasteiger partial charge in [0, 0.05) is 28.8 Å². The number of nitro groups is 1. The molecular formula is C11H15BrN2O2. The molecule has 4 nitrogen and oxygen atoms in total. The summed E-state index contributed by atoms with van der Waals surface area (Å²) >= 11 is 3.32. The second-order valence-electron chi connectivity index (χ2n) is 4.84. The van der Waals surface area contributed by atoms with Crippen molar-refractivity contribution in [2.75, 3.05) is 11.9 Å². The van der Waals surface area contributed by atoms with Gasteiger partial charge in [0.25, 0.3) is 5.69 Å². The molecule has 16 heavy (non-hydrogen) atoms. The molecule has 0 fully saturated rings. The molecule has 0 radical (unpaired) electrons. The van der Waals surface area contributed by atoms with Crippen LogP contribution in [-0.4, -0.2) is 11.5 Å². The van der Waals surface area contributed by atoms with Crippen LogP contribution in [-0.2, 0) is 0 Å². The van der Waals surface area contributed by atoms with Crippen molar-refractivity contribution in [1.29, 1.82) is 0 Å². The fourth-order valence-electron chi connectivity index (χ4n) is 1.12. The Morgan fingerprint density at radius 1 is 1.44 bits per heavy atom. The van der Waals surface area contributed by atoms with Gasteiger partial charge in [-0.1, -0.05) is 20.8 Å². The molecule has 0 heterocycles. The highest BCUT2D eigenvalue weighted by Gasteiger charge is 2.12. The van der Waals surface area contributed by atoms with Crippen LogP contribution in [0.15, 0.2) is 22.7 Å². The van der Waals surface area contributed by atoms with Crippen molar-refractivity contribution in [3.05, 3.63) is 32.8 Å². The Balaban J connectivity index is 2.80. The Morgan fingerprint density at radius 3 is 2.50 bits per heavy atom. The largest absolute Gasteiger partial charge is 0.384 e. The predicted molar refractivity (Wildman–Crippen MR) is 68.7 cm³/mol. The van der Waals surface area contributed by atoms with Gasteiger partial charge in [0.15, 0.2) is 0 Å². The lowest BCUT2D eigenvalue weighted by Crippen LogP contribution is -2.19.